The second kappa shape index (κ2) is 12.1. The van der Waals surface area contributed by atoms with Crippen LogP contribution in [0.4, 0.5) is 0 Å². The van der Waals surface area contributed by atoms with Crippen LogP contribution in [0, 0.1) is 0 Å². The molecule has 1 rings (SSSR count). The molecular formula is C13H23N3O10S3. The third kappa shape index (κ3) is 7.42. The minimum absolute atomic E-state index is 0.480. The summed E-state index contributed by atoms with van der Waals surface area (Å²) < 4.78 is 12.6. The van der Waals surface area contributed by atoms with Gasteiger partial charge in [-0.25, -0.2) is 4.79 Å². The highest BCUT2D eigenvalue weighted by Gasteiger charge is 2.45. The minimum atomic E-state index is -1.68. The molecule has 0 radical (unpaired) electrons. The van der Waals surface area contributed by atoms with Crippen LogP contribution in [0.15, 0.2) is 0 Å². The summed E-state index contributed by atoms with van der Waals surface area (Å²) in [5.74, 6) is -2.98. The maximum atomic E-state index is 12.1. The lowest BCUT2D eigenvalue weighted by Crippen LogP contribution is -2.60. The summed E-state index contributed by atoms with van der Waals surface area (Å²) in [4.78, 5) is 34.7. The van der Waals surface area contributed by atoms with E-state index in [1.807, 2.05) is 0 Å². The largest absolute Gasteiger partial charge is 0.479 e. The van der Waals surface area contributed by atoms with Crippen molar-refractivity contribution in [2.75, 3.05) is 6.61 Å². The Balaban J connectivity index is 2.53. The average Bonchev–Trinajstić information content (AvgIpc) is 2.69. The Morgan fingerprint density at radius 1 is 1.21 bits per heavy atom. The fourth-order valence-electron chi connectivity index (χ4n) is 2.05. The van der Waals surface area contributed by atoms with Gasteiger partial charge in [-0.1, -0.05) is 10.8 Å². The molecule has 16 heteroatoms. The zero-order chi connectivity index (χ0) is 22.3. The summed E-state index contributed by atoms with van der Waals surface area (Å²) in [6.45, 7) is 0.619. The van der Waals surface area contributed by atoms with Crippen molar-refractivity contribution in [3.63, 3.8) is 0 Å². The van der Waals surface area contributed by atoms with Crippen LogP contribution in [-0.4, -0.2) is 97.5 Å². The zero-order valence-corrected chi connectivity index (χ0v) is 17.5. The topological polar surface area (TPSA) is 221 Å². The molecule has 0 aliphatic carbocycles. The monoisotopic (exact) mass is 477 g/mol. The zero-order valence-electron chi connectivity index (χ0n) is 14.9. The van der Waals surface area contributed by atoms with Crippen LogP contribution in [0.25, 0.3) is 0 Å². The third-order valence-corrected chi connectivity index (χ3v) is 5.65. The van der Waals surface area contributed by atoms with Crippen molar-refractivity contribution in [1.82, 2.24) is 10.0 Å². The molecule has 0 aromatic rings. The first-order chi connectivity index (χ1) is 13.5. The predicted octanol–water partition coefficient (Wildman–Crippen LogP) is -3.65. The van der Waals surface area contributed by atoms with Crippen molar-refractivity contribution in [3.05, 3.63) is 0 Å². The summed E-state index contributed by atoms with van der Waals surface area (Å²) >= 11 is 4.19. The standard InChI is InChI=1S/C13H23N3O10S3/c1-3(25-13-7(20)6(19)5(18)4(2-17)26-13)9(21)16-28-8(14)10(22)15-11(29-27)12(23)24/h3-8,11,13,17-20,27H,2,14H2,1H3,(H,15,22)(H,16,21)(H,23,24)/t3?,4?,5?,6?,7?,8-,11+,13-/m0/s1. The molecule has 8 atom stereocenters. The minimum Gasteiger partial charge on any atom is -0.479 e. The summed E-state index contributed by atoms with van der Waals surface area (Å²) in [5, 5.41) is 46.7. The van der Waals surface area contributed by atoms with E-state index in [0.717, 1.165) is 0 Å². The van der Waals surface area contributed by atoms with Gasteiger partial charge in [0.05, 0.1) is 6.61 Å². The maximum Gasteiger partial charge on any atom is 0.337 e. The molecule has 5 unspecified atom stereocenters. The number of carboxylic acids is 1. The van der Waals surface area contributed by atoms with Gasteiger partial charge in [0.25, 0.3) is 5.91 Å². The van der Waals surface area contributed by atoms with Gasteiger partial charge in [-0.05, 0) is 18.9 Å². The maximum absolute atomic E-state index is 12.1. The van der Waals surface area contributed by atoms with Crippen LogP contribution >= 0.6 is 34.4 Å². The summed E-state index contributed by atoms with van der Waals surface area (Å²) in [7, 11) is 0.572. The van der Waals surface area contributed by atoms with E-state index in [2.05, 4.69) is 21.7 Å². The molecule has 0 aromatic carbocycles. The number of ether oxygens (including phenoxy) is 2. The Kier molecular flexibility index (Phi) is 11.0. The molecule has 9 N–H and O–H groups in total. The lowest BCUT2D eigenvalue weighted by molar-refractivity contribution is -0.307. The van der Waals surface area contributed by atoms with Gasteiger partial charge in [-0.15, -0.1) is 11.7 Å². The third-order valence-electron chi connectivity index (χ3n) is 3.70. The summed E-state index contributed by atoms with van der Waals surface area (Å²) in [6, 6.07) is 0. The number of aliphatic hydroxyl groups is 4. The second-order valence-corrected chi connectivity index (χ2v) is 8.08. The Bertz CT molecular complexity index is 586. The average molecular weight is 478 g/mol. The Hall–Kier alpha value is -0.820. The number of thiol groups is 1. The van der Waals surface area contributed by atoms with Gasteiger partial charge in [0.1, 0.15) is 30.5 Å². The molecule has 13 nitrogen and oxygen atoms in total. The number of rotatable bonds is 10. The molecule has 1 aliphatic heterocycles. The first-order valence-electron chi connectivity index (χ1n) is 8.03. The van der Waals surface area contributed by atoms with Crippen LogP contribution in [0.2, 0.25) is 0 Å². The number of aliphatic carboxylic acids is 1. The van der Waals surface area contributed by atoms with Gasteiger partial charge in [0.2, 0.25) is 5.91 Å². The number of hydrogen-bond donors (Lipinski definition) is 9. The van der Waals surface area contributed by atoms with Crippen LogP contribution < -0.4 is 15.8 Å². The molecule has 0 saturated carbocycles. The fraction of sp³-hybridized carbons (Fsp3) is 0.769. The number of carboxylic acid groups (broad SMARTS) is 1. The normalized spacial score (nSPS) is 30.1. The van der Waals surface area contributed by atoms with E-state index >= 15 is 0 Å². The van der Waals surface area contributed by atoms with E-state index < -0.39 is 71.9 Å². The SMILES string of the molecule is CC(O[C@H]1OC(CO)C(O)C(O)C1O)C(=O)NS[C@H](N)C(=O)N[C@H](SS)C(=O)O. The highest BCUT2D eigenvalue weighted by atomic mass is 33.1. The molecular weight excluding hydrogens is 454 g/mol. The van der Waals surface area contributed by atoms with Crippen LogP contribution in [0.1, 0.15) is 6.92 Å². The van der Waals surface area contributed by atoms with E-state index in [9.17, 15) is 29.7 Å². The van der Waals surface area contributed by atoms with E-state index in [1.54, 1.807) is 0 Å². The number of nitrogens with two attached hydrogens (primary N) is 1. The molecule has 0 aromatic heterocycles. The van der Waals surface area contributed by atoms with Gasteiger partial charge >= 0.3 is 5.97 Å². The smallest absolute Gasteiger partial charge is 0.337 e. The van der Waals surface area contributed by atoms with Gasteiger partial charge in [0, 0.05) is 0 Å². The van der Waals surface area contributed by atoms with Crippen LogP contribution in [0.3, 0.4) is 0 Å². The number of nitrogens with one attached hydrogen (secondary N) is 2. The van der Waals surface area contributed by atoms with Gasteiger partial charge in [-0.3, -0.25) is 14.3 Å². The van der Waals surface area contributed by atoms with Crippen molar-refractivity contribution >= 4 is 52.2 Å². The number of hydrogen-bond acceptors (Lipinski definition) is 13. The number of amides is 2. The molecule has 1 heterocycles. The Morgan fingerprint density at radius 2 is 1.83 bits per heavy atom. The van der Waals surface area contributed by atoms with E-state index in [1.165, 1.54) is 6.92 Å². The number of carbonyl (C=O) groups is 3. The Labute approximate surface area is 178 Å². The number of carbonyl (C=O) groups excluding carboxylic acids is 2. The second-order valence-electron chi connectivity index (χ2n) is 5.81. The summed E-state index contributed by atoms with van der Waals surface area (Å²) in [5.41, 5.74) is 5.56. The van der Waals surface area contributed by atoms with E-state index in [4.69, 9.17) is 25.4 Å². The molecule has 0 bridgehead atoms. The van der Waals surface area contributed by atoms with Crippen molar-refractivity contribution in [3.8, 4) is 0 Å². The molecule has 29 heavy (non-hydrogen) atoms. The first kappa shape index (κ1) is 26.2. The lowest BCUT2D eigenvalue weighted by atomic mass is 9.99. The molecule has 1 saturated heterocycles. The number of aliphatic hydroxyl groups excluding tert-OH is 4. The van der Waals surface area contributed by atoms with Crippen molar-refractivity contribution in [2.45, 2.75) is 54.5 Å². The molecule has 2 amide bonds. The molecule has 0 spiro atoms. The molecule has 1 fully saturated rings. The highest BCUT2D eigenvalue weighted by Crippen LogP contribution is 2.23. The van der Waals surface area contributed by atoms with E-state index in [-0.39, 0.29) is 0 Å². The van der Waals surface area contributed by atoms with Gasteiger partial charge < -0.3 is 46.1 Å². The Morgan fingerprint density at radius 3 is 2.34 bits per heavy atom. The highest BCUT2D eigenvalue weighted by molar-refractivity contribution is 8.69. The fourth-order valence-corrected chi connectivity index (χ4v) is 3.32. The van der Waals surface area contributed by atoms with E-state index in [0.29, 0.717) is 22.7 Å². The van der Waals surface area contributed by atoms with Crippen molar-refractivity contribution in [2.24, 2.45) is 5.73 Å². The summed E-state index contributed by atoms with van der Waals surface area (Å²) in [6.07, 6.45) is -8.89. The quantitative estimate of drug-likeness (QED) is 0.0641. The molecule has 1 aliphatic rings. The van der Waals surface area contributed by atoms with Crippen LogP contribution in [0.5, 0.6) is 0 Å². The molecule has 168 valence electrons. The lowest BCUT2D eigenvalue weighted by Gasteiger charge is -2.40. The first-order valence-corrected chi connectivity index (χ1v) is 10.8. The van der Waals surface area contributed by atoms with Crippen molar-refractivity contribution in [1.29, 1.82) is 0 Å². The predicted molar refractivity (Wildman–Crippen MR) is 104 cm³/mol. The van der Waals surface area contributed by atoms with Crippen LogP contribution in [-0.2, 0) is 23.9 Å². The van der Waals surface area contributed by atoms with Gasteiger partial charge in [-0.2, -0.15) is 0 Å². The van der Waals surface area contributed by atoms with Gasteiger partial charge in [0.15, 0.2) is 17.0 Å². The van der Waals surface area contributed by atoms with Crippen molar-refractivity contribution < 1.29 is 49.4 Å².